The second kappa shape index (κ2) is 2.42. The highest BCUT2D eigenvalue weighted by molar-refractivity contribution is 6.51. The Morgan fingerprint density at radius 2 is 1.30 bits per heavy atom. The molecular formula is C6H5Cl3O. The molecule has 0 aromatic heterocycles. The lowest BCUT2D eigenvalue weighted by atomic mass is 10.1. The number of hydrogen-bond donors (Lipinski definition) is 1. The van der Waals surface area contributed by atoms with E-state index in [-0.39, 0.29) is 0 Å². The summed E-state index contributed by atoms with van der Waals surface area (Å²) in [5, 5.41) is 7.66. The first-order valence-corrected chi connectivity index (χ1v) is 3.75. The average Bonchev–Trinajstić information content (AvgIpc) is 1.79. The fourth-order valence-electron chi connectivity index (χ4n) is 0.567. The molecule has 1 N–H and O–H groups in total. The standard InChI is InChI=1S/C6H5Cl3O/c7-5(8)1-3-6(9,10)4-2-5/h1-4,10H. The quantitative estimate of drug-likeness (QED) is 0.468. The zero-order valence-corrected chi connectivity index (χ0v) is 7.16. The summed E-state index contributed by atoms with van der Waals surface area (Å²) in [5.41, 5.74) is 0. The lowest BCUT2D eigenvalue weighted by Gasteiger charge is -2.20. The predicted octanol–water partition coefficient (Wildman–Crippen LogP) is 2.21. The van der Waals surface area contributed by atoms with Crippen LogP contribution in [0.4, 0.5) is 0 Å². The third-order valence-electron chi connectivity index (χ3n) is 1.08. The fraction of sp³-hybridized carbons (Fsp3) is 0.333. The van der Waals surface area contributed by atoms with Crippen LogP contribution in [0, 0.1) is 0 Å². The summed E-state index contributed by atoms with van der Waals surface area (Å²) < 4.78 is -1.03. The molecule has 0 heterocycles. The second-order valence-corrected chi connectivity index (χ2v) is 4.12. The average molecular weight is 199 g/mol. The molecule has 1 aliphatic rings. The topological polar surface area (TPSA) is 20.2 Å². The SMILES string of the molecule is OC1(Cl)C=CC(Cl)(Cl)C=C1. The van der Waals surface area contributed by atoms with Crippen molar-refractivity contribution in [2.75, 3.05) is 0 Å². The Hall–Kier alpha value is 0.310. The van der Waals surface area contributed by atoms with Gasteiger partial charge in [0.05, 0.1) is 0 Å². The molecule has 1 aliphatic carbocycles. The van der Waals surface area contributed by atoms with Crippen LogP contribution in [0.5, 0.6) is 0 Å². The van der Waals surface area contributed by atoms with Gasteiger partial charge in [0.1, 0.15) is 0 Å². The number of allylic oxidation sites excluding steroid dienone is 2. The van der Waals surface area contributed by atoms with Crippen LogP contribution in [-0.4, -0.2) is 14.5 Å². The van der Waals surface area contributed by atoms with Crippen LogP contribution in [0.1, 0.15) is 0 Å². The summed E-state index contributed by atoms with van der Waals surface area (Å²) in [6.45, 7) is 0. The van der Waals surface area contributed by atoms with Crippen molar-refractivity contribution in [1.82, 2.24) is 0 Å². The van der Waals surface area contributed by atoms with Crippen molar-refractivity contribution in [2.45, 2.75) is 9.39 Å². The molecule has 0 fully saturated rings. The van der Waals surface area contributed by atoms with E-state index in [1.54, 1.807) is 0 Å². The molecule has 0 saturated heterocycles. The van der Waals surface area contributed by atoms with Crippen LogP contribution in [-0.2, 0) is 0 Å². The van der Waals surface area contributed by atoms with Gasteiger partial charge in [0.15, 0.2) is 9.39 Å². The number of aliphatic hydroxyl groups is 1. The lowest BCUT2D eigenvalue weighted by Crippen LogP contribution is -2.21. The molecule has 0 unspecified atom stereocenters. The van der Waals surface area contributed by atoms with Crippen molar-refractivity contribution >= 4 is 34.8 Å². The molecule has 1 rings (SSSR count). The van der Waals surface area contributed by atoms with E-state index in [2.05, 4.69) is 0 Å². The highest BCUT2D eigenvalue weighted by atomic mass is 35.5. The molecule has 0 aliphatic heterocycles. The number of alkyl halides is 3. The van der Waals surface area contributed by atoms with Crippen molar-refractivity contribution in [3.63, 3.8) is 0 Å². The third kappa shape index (κ3) is 2.17. The van der Waals surface area contributed by atoms with Crippen molar-refractivity contribution in [1.29, 1.82) is 0 Å². The number of halogens is 3. The van der Waals surface area contributed by atoms with Gasteiger partial charge in [-0.2, -0.15) is 0 Å². The molecule has 0 bridgehead atoms. The summed E-state index contributed by atoms with van der Waals surface area (Å²) >= 11 is 16.7. The van der Waals surface area contributed by atoms with Gasteiger partial charge in [0.2, 0.25) is 0 Å². The van der Waals surface area contributed by atoms with Crippen molar-refractivity contribution in [3.05, 3.63) is 24.3 Å². The molecule has 10 heavy (non-hydrogen) atoms. The van der Waals surface area contributed by atoms with Crippen LogP contribution in [0.15, 0.2) is 24.3 Å². The van der Waals surface area contributed by atoms with Crippen molar-refractivity contribution in [2.24, 2.45) is 0 Å². The van der Waals surface area contributed by atoms with Gasteiger partial charge >= 0.3 is 0 Å². The Balaban J connectivity index is 2.81. The van der Waals surface area contributed by atoms with E-state index in [0.29, 0.717) is 0 Å². The van der Waals surface area contributed by atoms with Gasteiger partial charge in [0.25, 0.3) is 0 Å². The summed E-state index contributed by atoms with van der Waals surface area (Å²) in [5.74, 6) is 0. The van der Waals surface area contributed by atoms with Crippen LogP contribution >= 0.6 is 34.8 Å². The molecule has 0 amide bonds. The Morgan fingerprint density at radius 3 is 1.60 bits per heavy atom. The highest BCUT2D eigenvalue weighted by Crippen LogP contribution is 2.32. The Kier molecular flexibility index (Phi) is 2.03. The maximum absolute atomic E-state index is 9.08. The van der Waals surface area contributed by atoms with E-state index >= 15 is 0 Å². The van der Waals surface area contributed by atoms with E-state index in [9.17, 15) is 0 Å². The maximum Gasteiger partial charge on any atom is 0.176 e. The first-order chi connectivity index (χ1) is 4.41. The van der Waals surface area contributed by atoms with Gasteiger partial charge in [-0.05, 0) is 24.3 Å². The molecule has 0 spiro atoms. The lowest BCUT2D eigenvalue weighted by molar-refractivity contribution is 0.228. The van der Waals surface area contributed by atoms with E-state index in [1.807, 2.05) is 0 Å². The Bertz CT molecular complexity index is 155. The van der Waals surface area contributed by atoms with Crippen molar-refractivity contribution in [3.8, 4) is 0 Å². The summed E-state index contributed by atoms with van der Waals surface area (Å²) in [6, 6.07) is 0. The van der Waals surface area contributed by atoms with Crippen LogP contribution in [0.3, 0.4) is 0 Å². The summed E-state index contributed by atoms with van der Waals surface area (Å²) in [7, 11) is 0. The van der Waals surface area contributed by atoms with Crippen LogP contribution < -0.4 is 0 Å². The smallest absolute Gasteiger partial charge is 0.176 e. The number of rotatable bonds is 0. The summed E-state index contributed by atoms with van der Waals surface area (Å²) in [4.78, 5) is 0. The van der Waals surface area contributed by atoms with Gasteiger partial charge in [0, 0.05) is 0 Å². The van der Waals surface area contributed by atoms with Gasteiger partial charge in [-0.3, -0.25) is 0 Å². The molecule has 4 heteroatoms. The van der Waals surface area contributed by atoms with Crippen molar-refractivity contribution < 1.29 is 5.11 Å². The normalized spacial score (nSPS) is 26.8. The molecular weight excluding hydrogens is 194 g/mol. The maximum atomic E-state index is 9.08. The van der Waals surface area contributed by atoms with Crippen LogP contribution in [0.25, 0.3) is 0 Å². The van der Waals surface area contributed by atoms with Gasteiger partial charge < -0.3 is 5.11 Å². The highest BCUT2D eigenvalue weighted by Gasteiger charge is 2.26. The van der Waals surface area contributed by atoms with Crippen LogP contribution in [0.2, 0.25) is 0 Å². The fourth-order valence-corrected chi connectivity index (χ4v) is 0.945. The van der Waals surface area contributed by atoms with E-state index in [4.69, 9.17) is 39.9 Å². The van der Waals surface area contributed by atoms with Gasteiger partial charge in [-0.25, -0.2) is 0 Å². The molecule has 0 aromatic carbocycles. The zero-order chi connectivity index (χ0) is 7.83. The molecule has 0 radical (unpaired) electrons. The molecule has 0 atom stereocenters. The molecule has 56 valence electrons. The second-order valence-electron chi connectivity index (χ2n) is 2.07. The minimum atomic E-state index is -1.42. The molecule has 0 saturated carbocycles. The minimum absolute atomic E-state index is 1.03. The monoisotopic (exact) mass is 198 g/mol. The van der Waals surface area contributed by atoms with Gasteiger partial charge in [-0.15, -0.1) is 0 Å². The number of hydrogen-bond acceptors (Lipinski definition) is 1. The minimum Gasteiger partial charge on any atom is -0.368 e. The largest absolute Gasteiger partial charge is 0.368 e. The van der Waals surface area contributed by atoms with E-state index < -0.39 is 9.39 Å². The Morgan fingerprint density at radius 1 is 0.900 bits per heavy atom. The third-order valence-corrected chi connectivity index (χ3v) is 1.83. The first-order valence-electron chi connectivity index (χ1n) is 2.61. The molecule has 1 nitrogen and oxygen atoms in total. The zero-order valence-electron chi connectivity index (χ0n) is 4.89. The molecule has 0 aromatic rings. The first kappa shape index (κ1) is 8.41. The Labute approximate surface area is 73.9 Å². The van der Waals surface area contributed by atoms with E-state index in [0.717, 1.165) is 0 Å². The predicted molar refractivity (Wildman–Crippen MR) is 43.5 cm³/mol. The van der Waals surface area contributed by atoms with E-state index in [1.165, 1.54) is 24.3 Å². The summed E-state index contributed by atoms with van der Waals surface area (Å²) in [6.07, 6.45) is 5.50. The van der Waals surface area contributed by atoms with Gasteiger partial charge in [-0.1, -0.05) is 34.8 Å².